The van der Waals surface area contributed by atoms with Gasteiger partial charge in [0.05, 0.1) is 12.6 Å². The third kappa shape index (κ3) is 7.79. The quantitative estimate of drug-likeness (QED) is 0.720. The molecule has 0 heterocycles. The molecule has 0 bridgehead atoms. The summed E-state index contributed by atoms with van der Waals surface area (Å²) in [5.74, 6) is -0.367. The van der Waals surface area contributed by atoms with Gasteiger partial charge in [-0.1, -0.05) is 39.0 Å². The molecule has 5 heteroatoms. The third-order valence-electron chi connectivity index (χ3n) is 3.35. The number of benzene rings is 1. The van der Waals surface area contributed by atoms with Crippen LogP contribution in [-0.4, -0.2) is 35.6 Å². The number of aliphatic hydroxyl groups excluding tert-OH is 1. The predicted molar refractivity (Wildman–Crippen MR) is 91.1 cm³/mol. The molecule has 1 aromatic rings. The summed E-state index contributed by atoms with van der Waals surface area (Å²) in [6, 6.07) is 8.35. The van der Waals surface area contributed by atoms with Gasteiger partial charge in [0.15, 0.2) is 0 Å². The number of hydrogen-bond acceptors (Lipinski definition) is 3. The molecular weight excluding hydrogens is 292 g/mol. The van der Waals surface area contributed by atoms with Gasteiger partial charge in [0.25, 0.3) is 5.91 Å². The van der Waals surface area contributed by atoms with Gasteiger partial charge in [-0.15, -0.1) is 0 Å². The van der Waals surface area contributed by atoms with Crippen molar-refractivity contribution in [3.05, 3.63) is 35.9 Å². The number of aliphatic hydroxyl groups is 1. The summed E-state index contributed by atoms with van der Waals surface area (Å²) in [7, 11) is 0. The van der Waals surface area contributed by atoms with Gasteiger partial charge in [0.1, 0.15) is 0 Å². The van der Waals surface area contributed by atoms with Crippen molar-refractivity contribution in [1.82, 2.24) is 10.6 Å². The SMILES string of the molecule is CC(CC(=O)NC(CO)CC(C)(C)C)NC(=O)c1ccccc1. The predicted octanol–water partition coefficient (Wildman–Crippen LogP) is 2.11. The zero-order valence-corrected chi connectivity index (χ0v) is 14.4. The molecule has 2 unspecified atom stereocenters. The van der Waals surface area contributed by atoms with Crippen LogP contribution in [0.1, 0.15) is 50.9 Å². The van der Waals surface area contributed by atoms with Gasteiger partial charge in [-0.25, -0.2) is 0 Å². The summed E-state index contributed by atoms with van der Waals surface area (Å²) in [5.41, 5.74) is 0.592. The summed E-state index contributed by atoms with van der Waals surface area (Å²) < 4.78 is 0. The van der Waals surface area contributed by atoms with E-state index in [0.717, 1.165) is 0 Å². The summed E-state index contributed by atoms with van der Waals surface area (Å²) in [6.07, 6.45) is 0.874. The van der Waals surface area contributed by atoms with E-state index < -0.39 is 0 Å². The Bertz CT molecular complexity index is 509. The maximum absolute atomic E-state index is 12.1. The lowest BCUT2D eigenvalue weighted by atomic mass is 9.88. The van der Waals surface area contributed by atoms with Crippen LogP contribution in [0.2, 0.25) is 0 Å². The van der Waals surface area contributed by atoms with Crippen molar-refractivity contribution in [3.8, 4) is 0 Å². The first-order valence-electron chi connectivity index (χ1n) is 7.97. The molecular formula is C18H28N2O3. The van der Waals surface area contributed by atoms with E-state index in [2.05, 4.69) is 31.4 Å². The molecule has 5 nitrogen and oxygen atoms in total. The summed E-state index contributed by atoms with van der Waals surface area (Å²) in [5, 5.41) is 15.0. The van der Waals surface area contributed by atoms with Gasteiger partial charge in [-0.05, 0) is 30.9 Å². The number of carbonyl (C=O) groups excluding carboxylic acids is 2. The lowest BCUT2D eigenvalue weighted by Gasteiger charge is -2.26. The van der Waals surface area contributed by atoms with E-state index in [1.165, 1.54) is 0 Å². The second-order valence-corrected chi connectivity index (χ2v) is 7.16. The van der Waals surface area contributed by atoms with Gasteiger partial charge in [-0.3, -0.25) is 9.59 Å². The van der Waals surface area contributed by atoms with Gasteiger partial charge in [-0.2, -0.15) is 0 Å². The molecule has 2 atom stereocenters. The average Bonchev–Trinajstić information content (AvgIpc) is 2.45. The molecule has 0 aliphatic heterocycles. The van der Waals surface area contributed by atoms with E-state index in [-0.39, 0.29) is 42.3 Å². The van der Waals surface area contributed by atoms with E-state index in [9.17, 15) is 14.7 Å². The van der Waals surface area contributed by atoms with Crippen LogP contribution in [0.5, 0.6) is 0 Å². The molecule has 0 radical (unpaired) electrons. The minimum Gasteiger partial charge on any atom is -0.394 e. The fourth-order valence-electron chi connectivity index (χ4n) is 2.41. The first-order valence-corrected chi connectivity index (χ1v) is 7.97. The van der Waals surface area contributed by atoms with E-state index in [4.69, 9.17) is 0 Å². The van der Waals surface area contributed by atoms with Crippen LogP contribution in [0.3, 0.4) is 0 Å². The first-order chi connectivity index (χ1) is 10.7. The van der Waals surface area contributed by atoms with Crippen LogP contribution in [0, 0.1) is 5.41 Å². The standard InChI is InChI=1S/C18H28N2O3/c1-13(19-17(23)14-8-6-5-7-9-14)10-16(22)20-15(12-21)11-18(2,3)4/h5-9,13,15,21H,10-12H2,1-4H3,(H,19,23)(H,20,22). The number of rotatable bonds is 7. The van der Waals surface area contributed by atoms with Crippen molar-refractivity contribution in [3.63, 3.8) is 0 Å². The number of amides is 2. The molecule has 0 aromatic heterocycles. The molecule has 0 aliphatic carbocycles. The highest BCUT2D eigenvalue weighted by Crippen LogP contribution is 2.20. The Labute approximate surface area is 138 Å². The normalized spacial score (nSPS) is 14.0. The second kappa shape index (κ2) is 8.67. The van der Waals surface area contributed by atoms with Crippen LogP contribution in [0.15, 0.2) is 30.3 Å². The van der Waals surface area contributed by atoms with Crippen LogP contribution in [0.25, 0.3) is 0 Å². The van der Waals surface area contributed by atoms with E-state index in [1.807, 2.05) is 6.07 Å². The molecule has 0 spiro atoms. The molecule has 1 rings (SSSR count). The zero-order valence-electron chi connectivity index (χ0n) is 14.4. The highest BCUT2D eigenvalue weighted by atomic mass is 16.3. The summed E-state index contributed by atoms with van der Waals surface area (Å²) in [4.78, 5) is 24.1. The van der Waals surface area contributed by atoms with Crippen LogP contribution >= 0.6 is 0 Å². The van der Waals surface area contributed by atoms with Crippen molar-refractivity contribution < 1.29 is 14.7 Å². The highest BCUT2D eigenvalue weighted by Gasteiger charge is 2.21. The lowest BCUT2D eigenvalue weighted by Crippen LogP contribution is -2.43. The molecule has 23 heavy (non-hydrogen) atoms. The van der Waals surface area contributed by atoms with Crippen LogP contribution < -0.4 is 10.6 Å². The Morgan fingerprint density at radius 1 is 1.13 bits per heavy atom. The molecule has 0 saturated heterocycles. The van der Waals surface area contributed by atoms with Gasteiger partial charge in [0.2, 0.25) is 5.91 Å². The van der Waals surface area contributed by atoms with Crippen molar-refractivity contribution in [2.24, 2.45) is 5.41 Å². The zero-order chi connectivity index (χ0) is 17.5. The molecule has 2 amide bonds. The lowest BCUT2D eigenvalue weighted by molar-refractivity contribution is -0.122. The molecule has 0 saturated carbocycles. The third-order valence-corrected chi connectivity index (χ3v) is 3.35. The maximum atomic E-state index is 12.1. The molecule has 0 fully saturated rings. The fourth-order valence-corrected chi connectivity index (χ4v) is 2.41. The molecule has 1 aromatic carbocycles. The minimum atomic E-state index is -0.281. The number of nitrogens with one attached hydrogen (secondary N) is 2. The Kier molecular flexibility index (Phi) is 7.23. The van der Waals surface area contributed by atoms with Crippen molar-refractivity contribution in [1.29, 1.82) is 0 Å². The second-order valence-electron chi connectivity index (χ2n) is 7.16. The molecule has 0 aliphatic rings. The Hall–Kier alpha value is -1.88. The number of hydrogen-bond donors (Lipinski definition) is 3. The Morgan fingerprint density at radius 3 is 2.26 bits per heavy atom. The van der Waals surface area contributed by atoms with Crippen LogP contribution in [-0.2, 0) is 4.79 Å². The minimum absolute atomic E-state index is 0.0216. The average molecular weight is 320 g/mol. The number of carbonyl (C=O) groups is 2. The van der Waals surface area contributed by atoms with Crippen LogP contribution in [0.4, 0.5) is 0 Å². The van der Waals surface area contributed by atoms with Gasteiger partial charge in [0, 0.05) is 18.0 Å². The van der Waals surface area contributed by atoms with E-state index >= 15 is 0 Å². The summed E-state index contributed by atoms with van der Waals surface area (Å²) in [6.45, 7) is 7.88. The maximum Gasteiger partial charge on any atom is 0.251 e. The van der Waals surface area contributed by atoms with Crippen molar-refractivity contribution in [2.45, 2.75) is 52.6 Å². The smallest absolute Gasteiger partial charge is 0.251 e. The fraction of sp³-hybridized carbons (Fsp3) is 0.556. The van der Waals surface area contributed by atoms with Gasteiger partial charge < -0.3 is 15.7 Å². The first kappa shape index (κ1) is 19.2. The largest absolute Gasteiger partial charge is 0.394 e. The Balaban J connectivity index is 2.45. The topological polar surface area (TPSA) is 78.4 Å². The summed E-state index contributed by atoms with van der Waals surface area (Å²) >= 11 is 0. The van der Waals surface area contributed by atoms with E-state index in [1.54, 1.807) is 31.2 Å². The Morgan fingerprint density at radius 2 is 1.74 bits per heavy atom. The van der Waals surface area contributed by atoms with Gasteiger partial charge >= 0.3 is 0 Å². The monoisotopic (exact) mass is 320 g/mol. The van der Waals surface area contributed by atoms with Crippen molar-refractivity contribution >= 4 is 11.8 Å². The molecule has 128 valence electrons. The van der Waals surface area contributed by atoms with E-state index in [0.29, 0.717) is 12.0 Å². The van der Waals surface area contributed by atoms with Crippen molar-refractivity contribution in [2.75, 3.05) is 6.61 Å². The highest BCUT2D eigenvalue weighted by molar-refractivity contribution is 5.94. The molecule has 3 N–H and O–H groups in total.